The summed E-state index contributed by atoms with van der Waals surface area (Å²) in [7, 11) is 0. The van der Waals surface area contributed by atoms with Gasteiger partial charge in [-0.3, -0.25) is 4.79 Å². The molecule has 3 nitrogen and oxygen atoms in total. The minimum absolute atomic E-state index is 0. The summed E-state index contributed by atoms with van der Waals surface area (Å²) in [5.74, 6) is -0.0388. The Morgan fingerprint density at radius 2 is 2.12 bits per heavy atom. The molecule has 1 rings (SSSR count). The summed E-state index contributed by atoms with van der Waals surface area (Å²) in [4.78, 5) is 13.5. The molecule has 2 N–H and O–H groups in total. The lowest BCUT2D eigenvalue weighted by Crippen LogP contribution is -2.42. The summed E-state index contributed by atoms with van der Waals surface area (Å²) < 4.78 is 0. The molecule has 16 heavy (non-hydrogen) atoms. The van der Waals surface area contributed by atoms with Crippen molar-refractivity contribution in [3.8, 4) is 0 Å². The number of benzene rings is 1. The largest absolute Gasteiger partial charge is 0.320 e. The summed E-state index contributed by atoms with van der Waals surface area (Å²) in [5, 5.41) is 0. The van der Waals surface area contributed by atoms with E-state index in [1.54, 1.807) is 11.8 Å². The Bertz CT molecular complexity index is 353. The minimum Gasteiger partial charge on any atom is -0.320 e. The minimum atomic E-state index is -0.453. The summed E-state index contributed by atoms with van der Waals surface area (Å²) in [6, 6.07) is 7.42. The van der Waals surface area contributed by atoms with E-state index in [0.717, 1.165) is 11.3 Å². The molecule has 0 bridgehead atoms. The van der Waals surface area contributed by atoms with Gasteiger partial charge in [-0.1, -0.05) is 12.1 Å². The zero-order chi connectivity index (χ0) is 11.4. The number of hydrogen-bond acceptors (Lipinski definition) is 2. The van der Waals surface area contributed by atoms with E-state index in [4.69, 9.17) is 5.73 Å². The number of rotatable bonds is 3. The molecule has 1 atom stereocenters. The SMILES string of the molecule is CCN(C(=O)C(C)N)c1cccc(C)c1.Cl. The van der Waals surface area contributed by atoms with Gasteiger partial charge in [-0.2, -0.15) is 0 Å². The van der Waals surface area contributed by atoms with Crippen LogP contribution in [-0.4, -0.2) is 18.5 Å². The van der Waals surface area contributed by atoms with E-state index in [0.29, 0.717) is 6.54 Å². The average molecular weight is 243 g/mol. The molecule has 0 fully saturated rings. The number of amides is 1. The number of nitrogens with zero attached hydrogens (tertiary/aromatic N) is 1. The third-order valence-corrected chi connectivity index (χ3v) is 2.29. The third-order valence-electron chi connectivity index (χ3n) is 2.29. The van der Waals surface area contributed by atoms with Crippen LogP contribution >= 0.6 is 12.4 Å². The van der Waals surface area contributed by atoms with E-state index in [1.807, 2.05) is 38.1 Å². The number of hydrogen-bond donors (Lipinski definition) is 1. The molecule has 1 amide bonds. The van der Waals surface area contributed by atoms with Crippen LogP contribution in [0.2, 0.25) is 0 Å². The summed E-state index contributed by atoms with van der Waals surface area (Å²) in [6.45, 7) is 6.31. The van der Waals surface area contributed by atoms with Gasteiger partial charge in [0.2, 0.25) is 5.91 Å². The molecule has 0 aliphatic heterocycles. The fourth-order valence-corrected chi connectivity index (χ4v) is 1.51. The van der Waals surface area contributed by atoms with Crippen LogP contribution in [0.25, 0.3) is 0 Å². The van der Waals surface area contributed by atoms with Crippen LogP contribution in [-0.2, 0) is 4.79 Å². The molecule has 0 saturated carbocycles. The van der Waals surface area contributed by atoms with Crippen molar-refractivity contribution in [3.05, 3.63) is 29.8 Å². The predicted octanol–water partition coefficient (Wildman–Crippen LogP) is 2.12. The zero-order valence-electron chi connectivity index (χ0n) is 9.93. The number of likely N-dealkylation sites (N-methyl/N-ethyl adjacent to an activating group) is 1. The van der Waals surface area contributed by atoms with Crippen molar-refractivity contribution in [2.24, 2.45) is 5.73 Å². The maximum absolute atomic E-state index is 11.8. The normalized spacial score (nSPS) is 11.5. The molecule has 0 aromatic heterocycles. The predicted molar refractivity (Wildman–Crippen MR) is 70.1 cm³/mol. The molecule has 0 aliphatic rings. The molecule has 1 unspecified atom stereocenters. The maximum Gasteiger partial charge on any atom is 0.243 e. The zero-order valence-corrected chi connectivity index (χ0v) is 10.8. The lowest BCUT2D eigenvalue weighted by atomic mass is 10.2. The number of carbonyl (C=O) groups is 1. The second-order valence-electron chi connectivity index (χ2n) is 3.71. The standard InChI is InChI=1S/C12H18N2O.ClH/c1-4-14(12(15)10(3)13)11-7-5-6-9(2)8-11;/h5-8,10H,4,13H2,1-3H3;1H. The lowest BCUT2D eigenvalue weighted by Gasteiger charge is -2.23. The monoisotopic (exact) mass is 242 g/mol. The molecule has 1 aromatic rings. The molecular formula is C12H19ClN2O. The van der Waals surface area contributed by atoms with Gasteiger partial charge in [-0.15, -0.1) is 12.4 Å². The fraction of sp³-hybridized carbons (Fsp3) is 0.417. The summed E-state index contributed by atoms with van der Waals surface area (Å²) in [5.41, 5.74) is 7.66. The van der Waals surface area contributed by atoms with E-state index < -0.39 is 6.04 Å². The first-order chi connectivity index (χ1) is 7.06. The van der Waals surface area contributed by atoms with Crippen molar-refractivity contribution in [2.75, 3.05) is 11.4 Å². The van der Waals surface area contributed by atoms with E-state index in [2.05, 4.69) is 0 Å². The Labute approximate surface area is 103 Å². The molecule has 4 heteroatoms. The molecule has 1 aromatic carbocycles. The van der Waals surface area contributed by atoms with Gasteiger partial charge >= 0.3 is 0 Å². The first-order valence-corrected chi connectivity index (χ1v) is 5.20. The van der Waals surface area contributed by atoms with E-state index in [9.17, 15) is 4.79 Å². The number of carbonyl (C=O) groups excluding carboxylic acids is 1. The molecule has 0 saturated heterocycles. The van der Waals surface area contributed by atoms with Gasteiger partial charge in [0.25, 0.3) is 0 Å². The highest BCUT2D eigenvalue weighted by molar-refractivity contribution is 5.96. The molecule has 0 spiro atoms. The fourth-order valence-electron chi connectivity index (χ4n) is 1.51. The molecule has 90 valence electrons. The first-order valence-electron chi connectivity index (χ1n) is 5.20. The second kappa shape index (κ2) is 6.51. The highest BCUT2D eigenvalue weighted by atomic mass is 35.5. The number of nitrogens with two attached hydrogens (primary N) is 1. The Morgan fingerprint density at radius 3 is 2.56 bits per heavy atom. The third kappa shape index (κ3) is 3.51. The van der Waals surface area contributed by atoms with E-state index in [-0.39, 0.29) is 18.3 Å². The van der Waals surface area contributed by atoms with Crippen molar-refractivity contribution in [3.63, 3.8) is 0 Å². The van der Waals surface area contributed by atoms with Crippen molar-refractivity contribution in [1.82, 2.24) is 0 Å². The van der Waals surface area contributed by atoms with Gasteiger partial charge < -0.3 is 10.6 Å². The maximum atomic E-state index is 11.8. The van der Waals surface area contributed by atoms with Crippen LogP contribution in [0.3, 0.4) is 0 Å². The van der Waals surface area contributed by atoms with Crippen LogP contribution in [0.5, 0.6) is 0 Å². The molecular weight excluding hydrogens is 224 g/mol. The van der Waals surface area contributed by atoms with Crippen LogP contribution in [0, 0.1) is 6.92 Å². The molecule has 0 aliphatic carbocycles. The smallest absolute Gasteiger partial charge is 0.243 e. The van der Waals surface area contributed by atoms with Crippen molar-refractivity contribution in [2.45, 2.75) is 26.8 Å². The van der Waals surface area contributed by atoms with E-state index in [1.165, 1.54) is 0 Å². The van der Waals surface area contributed by atoms with Gasteiger partial charge in [0.15, 0.2) is 0 Å². The topological polar surface area (TPSA) is 46.3 Å². The molecule has 0 heterocycles. The number of aryl methyl sites for hydroxylation is 1. The van der Waals surface area contributed by atoms with E-state index >= 15 is 0 Å². The number of halogens is 1. The van der Waals surface area contributed by atoms with Crippen molar-refractivity contribution >= 4 is 24.0 Å². The molecule has 0 radical (unpaired) electrons. The summed E-state index contributed by atoms with van der Waals surface area (Å²) >= 11 is 0. The Kier molecular flexibility index (Phi) is 6.08. The van der Waals surface area contributed by atoms with Crippen molar-refractivity contribution < 1.29 is 4.79 Å². The van der Waals surface area contributed by atoms with Gasteiger partial charge in [-0.05, 0) is 38.5 Å². The Balaban J connectivity index is 0.00000225. The van der Waals surface area contributed by atoms with Crippen LogP contribution in [0.1, 0.15) is 19.4 Å². The van der Waals surface area contributed by atoms with Gasteiger partial charge in [0.05, 0.1) is 6.04 Å². The van der Waals surface area contributed by atoms with Gasteiger partial charge in [0.1, 0.15) is 0 Å². The van der Waals surface area contributed by atoms with Gasteiger partial charge in [0, 0.05) is 12.2 Å². The van der Waals surface area contributed by atoms with Crippen molar-refractivity contribution in [1.29, 1.82) is 0 Å². The Morgan fingerprint density at radius 1 is 1.50 bits per heavy atom. The lowest BCUT2D eigenvalue weighted by molar-refractivity contribution is -0.119. The Hall–Kier alpha value is -1.06. The highest BCUT2D eigenvalue weighted by Crippen LogP contribution is 2.16. The number of anilines is 1. The highest BCUT2D eigenvalue weighted by Gasteiger charge is 2.17. The average Bonchev–Trinajstić information content (AvgIpc) is 2.18. The van der Waals surface area contributed by atoms with Crippen LogP contribution in [0.4, 0.5) is 5.69 Å². The first kappa shape index (κ1) is 14.9. The second-order valence-corrected chi connectivity index (χ2v) is 3.71. The quantitative estimate of drug-likeness (QED) is 0.883. The van der Waals surface area contributed by atoms with Crippen LogP contribution < -0.4 is 10.6 Å². The van der Waals surface area contributed by atoms with Gasteiger partial charge in [-0.25, -0.2) is 0 Å². The summed E-state index contributed by atoms with van der Waals surface area (Å²) in [6.07, 6.45) is 0. The van der Waals surface area contributed by atoms with Crippen LogP contribution in [0.15, 0.2) is 24.3 Å².